The van der Waals surface area contributed by atoms with E-state index in [1.807, 2.05) is 43.3 Å². The number of amides is 1. The second kappa shape index (κ2) is 7.94. The van der Waals surface area contributed by atoms with Gasteiger partial charge in [-0.15, -0.1) is 11.8 Å². The van der Waals surface area contributed by atoms with E-state index in [1.165, 1.54) is 11.8 Å². The number of thioether (sulfide) groups is 1. The van der Waals surface area contributed by atoms with E-state index in [9.17, 15) is 4.79 Å². The number of carbonyl (C=O) groups excluding carboxylic acids is 1. The molecule has 2 aromatic rings. The first-order valence-corrected chi connectivity index (χ1v) is 9.48. The molecule has 1 N–H and O–H groups in total. The summed E-state index contributed by atoms with van der Waals surface area (Å²) in [4.78, 5) is 13.1. The summed E-state index contributed by atoms with van der Waals surface area (Å²) < 4.78 is 12.3. The molecule has 4 nitrogen and oxygen atoms in total. The Balaban J connectivity index is 1.58. The smallest absolute Gasteiger partial charge is 0.234 e. The number of hydrogen-bond acceptors (Lipinski definition) is 4. The number of benzene rings is 2. The number of aryl methyl sites for hydroxylation is 1. The maximum atomic E-state index is 12.1. The van der Waals surface area contributed by atoms with Gasteiger partial charge in [-0.2, -0.15) is 0 Å². The van der Waals surface area contributed by atoms with Crippen molar-refractivity contribution in [1.82, 2.24) is 0 Å². The molecule has 126 valence electrons. The zero-order valence-electron chi connectivity index (χ0n) is 13.3. The van der Waals surface area contributed by atoms with Gasteiger partial charge in [0.15, 0.2) is 11.5 Å². The lowest BCUT2D eigenvalue weighted by Crippen LogP contribution is -2.14. The largest absolute Gasteiger partial charge is 0.490 e. The van der Waals surface area contributed by atoms with E-state index in [4.69, 9.17) is 9.47 Å². The van der Waals surface area contributed by atoms with E-state index in [-0.39, 0.29) is 5.91 Å². The average molecular weight is 408 g/mol. The van der Waals surface area contributed by atoms with Crippen molar-refractivity contribution in [3.05, 3.63) is 46.4 Å². The molecule has 0 bridgehead atoms. The minimum absolute atomic E-state index is 0.0335. The van der Waals surface area contributed by atoms with Crippen molar-refractivity contribution in [3.8, 4) is 11.5 Å². The fraction of sp³-hybridized carbons (Fsp3) is 0.278. The standard InChI is InChI=1S/C18H18BrNO3S/c1-12-9-13(3-5-15(12)19)20-18(21)11-24-14-4-6-16-17(10-14)23-8-2-7-22-16/h3-6,9-10H,2,7-8,11H2,1H3,(H,20,21). The fourth-order valence-corrected chi connectivity index (χ4v) is 3.27. The molecule has 0 radical (unpaired) electrons. The van der Waals surface area contributed by atoms with Crippen molar-refractivity contribution in [1.29, 1.82) is 0 Å². The Morgan fingerprint density at radius 1 is 1.17 bits per heavy atom. The Hall–Kier alpha value is -1.66. The highest BCUT2D eigenvalue weighted by molar-refractivity contribution is 9.10. The van der Waals surface area contributed by atoms with Gasteiger partial charge in [0, 0.05) is 21.5 Å². The van der Waals surface area contributed by atoms with Gasteiger partial charge >= 0.3 is 0 Å². The summed E-state index contributed by atoms with van der Waals surface area (Å²) in [6.07, 6.45) is 0.881. The highest BCUT2D eigenvalue weighted by Crippen LogP contribution is 2.33. The SMILES string of the molecule is Cc1cc(NC(=O)CSc2ccc3c(c2)OCCCO3)ccc1Br. The molecule has 6 heteroatoms. The number of ether oxygens (including phenoxy) is 2. The number of hydrogen-bond donors (Lipinski definition) is 1. The van der Waals surface area contributed by atoms with Crippen LogP contribution in [0.25, 0.3) is 0 Å². The molecular formula is C18H18BrNO3S. The summed E-state index contributed by atoms with van der Waals surface area (Å²) in [6, 6.07) is 11.5. The molecule has 0 aromatic heterocycles. The van der Waals surface area contributed by atoms with E-state index < -0.39 is 0 Å². The number of carbonyl (C=O) groups is 1. The van der Waals surface area contributed by atoms with E-state index in [0.717, 1.165) is 38.5 Å². The monoisotopic (exact) mass is 407 g/mol. The Bertz CT molecular complexity index is 751. The van der Waals surface area contributed by atoms with Gasteiger partial charge in [0.05, 0.1) is 19.0 Å². The van der Waals surface area contributed by atoms with Gasteiger partial charge in [0.2, 0.25) is 5.91 Å². The van der Waals surface area contributed by atoms with Crippen molar-refractivity contribution >= 4 is 39.3 Å². The Morgan fingerprint density at radius 3 is 2.75 bits per heavy atom. The summed E-state index contributed by atoms with van der Waals surface area (Å²) in [5.41, 5.74) is 1.89. The quantitative estimate of drug-likeness (QED) is 0.749. The molecule has 2 aromatic carbocycles. The van der Waals surface area contributed by atoms with Crippen LogP contribution >= 0.6 is 27.7 Å². The Labute approximate surface area is 154 Å². The number of anilines is 1. The van der Waals surface area contributed by atoms with Crippen molar-refractivity contribution in [3.63, 3.8) is 0 Å². The predicted octanol–water partition coefficient (Wildman–Crippen LogP) is 4.65. The summed E-state index contributed by atoms with van der Waals surface area (Å²) in [5, 5.41) is 2.92. The number of fused-ring (bicyclic) bond motifs is 1. The first kappa shape index (κ1) is 17.2. The minimum atomic E-state index is -0.0335. The number of nitrogens with one attached hydrogen (secondary N) is 1. The summed E-state index contributed by atoms with van der Waals surface area (Å²) in [6.45, 7) is 3.32. The number of rotatable bonds is 4. The van der Waals surface area contributed by atoms with Crippen molar-refractivity contribution < 1.29 is 14.3 Å². The molecule has 1 aliphatic heterocycles. The van der Waals surface area contributed by atoms with Gasteiger partial charge in [-0.05, 0) is 48.9 Å². The van der Waals surface area contributed by atoms with Crippen molar-refractivity contribution in [2.24, 2.45) is 0 Å². The minimum Gasteiger partial charge on any atom is -0.490 e. The highest BCUT2D eigenvalue weighted by Gasteiger charge is 2.12. The molecule has 0 saturated heterocycles. The molecule has 0 saturated carbocycles. The first-order chi connectivity index (χ1) is 11.6. The lowest BCUT2D eigenvalue weighted by Gasteiger charge is -2.10. The van der Waals surface area contributed by atoms with Crippen LogP contribution in [0.5, 0.6) is 11.5 Å². The summed E-state index contributed by atoms with van der Waals surface area (Å²) in [5.74, 6) is 1.83. The molecule has 0 fully saturated rings. The van der Waals surface area contributed by atoms with E-state index in [2.05, 4.69) is 21.2 Å². The number of halogens is 1. The molecule has 1 heterocycles. The maximum absolute atomic E-state index is 12.1. The van der Waals surface area contributed by atoms with Crippen LogP contribution in [-0.2, 0) is 4.79 Å². The topological polar surface area (TPSA) is 47.6 Å². The maximum Gasteiger partial charge on any atom is 0.234 e. The Kier molecular flexibility index (Phi) is 5.68. The second-order valence-electron chi connectivity index (χ2n) is 5.46. The van der Waals surface area contributed by atoms with Crippen LogP contribution in [0.2, 0.25) is 0 Å². The molecule has 0 spiro atoms. The van der Waals surface area contributed by atoms with Crippen LogP contribution in [0.1, 0.15) is 12.0 Å². The van der Waals surface area contributed by atoms with Crippen LogP contribution in [0.15, 0.2) is 45.8 Å². The summed E-state index contributed by atoms with van der Waals surface area (Å²) in [7, 11) is 0. The van der Waals surface area contributed by atoms with Crippen LogP contribution < -0.4 is 14.8 Å². The van der Waals surface area contributed by atoms with E-state index in [0.29, 0.717) is 19.0 Å². The summed E-state index contributed by atoms with van der Waals surface area (Å²) >= 11 is 4.93. The van der Waals surface area contributed by atoms with Gasteiger partial charge < -0.3 is 14.8 Å². The van der Waals surface area contributed by atoms with Crippen LogP contribution in [-0.4, -0.2) is 24.9 Å². The zero-order valence-corrected chi connectivity index (χ0v) is 15.7. The second-order valence-corrected chi connectivity index (χ2v) is 7.36. The average Bonchev–Trinajstić information content (AvgIpc) is 2.81. The Morgan fingerprint density at radius 2 is 1.96 bits per heavy atom. The lowest BCUT2D eigenvalue weighted by molar-refractivity contribution is -0.113. The predicted molar refractivity (Wildman–Crippen MR) is 100 cm³/mol. The fourth-order valence-electron chi connectivity index (χ4n) is 2.30. The van der Waals surface area contributed by atoms with Crippen LogP contribution in [0, 0.1) is 6.92 Å². The van der Waals surface area contributed by atoms with Gasteiger partial charge in [-0.25, -0.2) is 0 Å². The van der Waals surface area contributed by atoms with Gasteiger partial charge in [0.1, 0.15) is 0 Å². The van der Waals surface area contributed by atoms with Crippen molar-refractivity contribution in [2.75, 3.05) is 24.3 Å². The van der Waals surface area contributed by atoms with Gasteiger partial charge in [-0.1, -0.05) is 15.9 Å². The third-order valence-electron chi connectivity index (χ3n) is 3.53. The van der Waals surface area contributed by atoms with Gasteiger partial charge in [0.25, 0.3) is 0 Å². The first-order valence-electron chi connectivity index (χ1n) is 7.70. The van der Waals surface area contributed by atoms with E-state index >= 15 is 0 Å². The molecule has 0 atom stereocenters. The normalized spacial score (nSPS) is 13.2. The molecule has 1 amide bonds. The molecular weight excluding hydrogens is 390 g/mol. The molecule has 24 heavy (non-hydrogen) atoms. The van der Waals surface area contributed by atoms with Crippen LogP contribution in [0.4, 0.5) is 5.69 Å². The van der Waals surface area contributed by atoms with Crippen molar-refractivity contribution in [2.45, 2.75) is 18.2 Å². The highest BCUT2D eigenvalue weighted by atomic mass is 79.9. The molecule has 0 unspecified atom stereocenters. The third kappa shape index (κ3) is 4.45. The van der Waals surface area contributed by atoms with E-state index in [1.54, 1.807) is 0 Å². The zero-order chi connectivity index (χ0) is 16.9. The third-order valence-corrected chi connectivity index (χ3v) is 5.41. The van der Waals surface area contributed by atoms with Crippen LogP contribution in [0.3, 0.4) is 0 Å². The molecule has 0 aliphatic carbocycles. The molecule has 3 rings (SSSR count). The molecule has 1 aliphatic rings. The van der Waals surface area contributed by atoms with Gasteiger partial charge in [-0.3, -0.25) is 4.79 Å². The lowest BCUT2D eigenvalue weighted by atomic mass is 10.2.